The number of amidine groups is 1. The van der Waals surface area contributed by atoms with E-state index in [4.69, 9.17) is 4.42 Å². The molecule has 0 saturated carbocycles. The van der Waals surface area contributed by atoms with Gasteiger partial charge in [0.05, 0.1) is 17.7 Å². The van der Waals surface area contributed by atoms with Crippen LogP contribution < -0.4 is 5.32 Å². The lowest BCUT2D eigenvalue weighted by Crippen LogP contribution is -2.32. The first-order valence-electron chi connectivity index (χ1n) is 5.99. The number of hydrogen-bond acceptors (Lipinski definition) is 5. The van der Waals surface area contributed by atoms with E-state index in [2.05, 4.69) is 15.3 Å². The summed E-state index contributed by atoms with van der Waals surface area (Å²) < 4.78 is 5.55. The van der Waals surface area contributed by atoms with E-state index in [1.807, 2.05) is 11.8 Å². The molecular weight excluding hydrogens is 232 g/mol. The average Bonchev–Trinajstić information content (AvgIpc) is 2.90. The molecule has 1 amide bonds. The van der Waals surface area contributed by atoms with Gasteiger partial charge < -0.3 is 14.6 Å². The topological polar surface area (TPSA) is 70.2 Å². The Labute approximate surface area is 104 Å². The summed E-state index contributed by atoms with van der Waals surface area (Å²) >= 11 is 0. The smallest absolute Gasteiger partial charge is 0.255 e. The van der Waals surface area contributed by atoms with E-state index in [1.165, 1.54) is 0 Å². The van der Waals surface area contributed by atoms with Crippen LogP contribution in [0.25, 0.3) is 0 Å². The van der Waals surface area contributed by atoms with Crippen molar-refractivity contribution in [3.63, 3.8) is 0 Å². The summed E-state index contributed by atoms with van der Waals surface area (Å²) in [5, 5.41) is 2.79. The average molecular weight is 246 g/mol. The molecule has 6 heteroatoms. The van der Waals surface area contributed by atoms with Crippen molar-refractivity contribution in [2.24, 2.45) is 9.98 Å². The molecule has 2 aliphatic rings. The zero-order valence-electron chi connectivity index (χ0n) is 10.4. The first-order chi connectivity index (χ1) is 8.72. The molecule has 0 spiro atoms. The summed E-state index contributed by atoms with van der Waals surface area (Å²) in [6, 6.07) is 0. The minimum atomic E-state index is -0.133. The number of carbonyl (C=O) groups is 1. The Bertz CT molecular complexity index is 571. The monoisotopic (exact) mass is 246 g/mol. The molecule has 0 aliphatic carbocycles. The van der Waals surface area contributed by atoms with E-state index < -0.39 is 0 Å². The van der Waals surface area contributed by atoms with Gasteiger partial charge in [-0.3, -0.25) is 9.79 Å². The molecule has 0 radical (unpaired) electrons. The fourth-order valence-electron chi connectivity index (χ4n) is 2.27. The fourth-order valence-corrected chi connectivity index (χ4v) is 2.27. The molecule has 0 atom stereocenters. The van der Waals surface area contributed by atoms with E-state index >= 15 is 0 Å². The molecular formula is C12H14N4O2. The molecule has 1 aromatic rings. The number of nitrogens with zero attached hydrogens (tertiary/aromatic N) is 3. The third-order valence-corrected chi connectivity index (χ3v) is 3.04. The fraction of sp³-hybridized carbons (Fsp3) is 0.417. The first-order valence-corrected chi connectivity index (χ1v) is 5.99. The van der Waals surface area contributed by atoms with Crippen molar-refractivity contribution in [2.45, 2.75) is 13.8 Å². The zero-order chi connectivity index (χ0) is 12.7. The Morgan fingerprint density at radius 2 is 2.44 bits per heavy atom. The second-order valence-electron chi connectivity index (χ2n) is 4.22. The maximum absolute atomic E-state index is 12.1. The van der Waals surface area contributed by atoms with Crippen LogP contribution in [-0.4, -0.2) is 42.6 Å². The number of rotatable bonds is 2. The van der Waals surface area contributed by atoms with Crippen LogP contribution in [0.5, 0.6) is 0 Å². The molecule has 94 valence electrons. The highest BCUT2D eigenvalue weighted by Crippen LogP contribution is 2.34. The minimum Gasteiger partial charge on any atom is -0.442 e. The SMILES string of the molecule is CCNC(=O)c1c(C)oc2c1C1=NCCN1C=N2. The summed E-state index contributed by atoms with van der Waals surface area (Å²) in [4.78, 5) is 22.7. The van der Waals surface area contributed by atoms with Gasteiger partial charge in [0.15, 0.2) is 0 Å². The number of hydrogen-bond donors (Lipinski definition) is 1. The third kappa shape index (κ3) is 1.45. The minimum absolute atomic E-state index is 0.133. The van der Waals surface area contributed by atoms with Crippen LogP contribution in [0.4, 0.5) is 5.88 Å². The van der Waals surface area contributed by atoms with Gasteiger partial charge in [-0.25, -0.2) is 4.99 Å². The number of aliphatic imine (C=N–C) groups is 2. The molecule has 1 N–H and O–H groups in total. The zero-order valence-corrected chi connectivity index (χ0v) is 10.4. The number of amides is 1. The van der Waals surface area contributed by atoms with Gasteiger partial charge in [-0.05, 0) is 13.8 Å². The van der Waals surface area contributed by atoms with Crippen LogP contribution in [-0.2, 0) is 0 Å². The highest BCUT2D eigenvalue weighted by molar-refractivity contribution is 6.17. The number of furan rings is 1. The van der Waals surface area contributed by atoms with Gasteiger partial charge in [-0.15, -0.1) is 0 Å². The summed E-state index contributed by atoms with van der Waals surface area (Å²) in [6.07, 6.45) is 1.71. The molecule has 18 heavy (non-hydrogen) atoms. The van der Waals surface area contributed by atoms with Crippen LogP contribution >= 0.6 is 0 Å². The largest absolute Gasteiger partial charge is 0.442 e. The molecule has 3 heterocycles. The van der Waals surface area contributed by atoms with Crippen molar-refractivity contribution in [1.82, 2.24) is 10.2 Å². The van der Waals surface area contributed by atoms with Gasteiger partial charge in [-0.1, -0.05) is 0 Å². The van der Waals surface area contributed by atoms with Crippen LogP contribution in [0.3, 0.4) is 0 Å². The Hall–Kier alpha value is -2.11. The molecule has 6 nitrogen and oxygen atoms in total. The molecule has 0 aromatic carbocycles. The summed E-state index contributed by atoms with van der Waals surface area (Å²) in [5.74, 6) is 1.72. The molecule has 0 saturated heterocycles. The first kappa shape index (κ1) is 11.0. The highest BCUT2D eigenvalue weighted by Gasteiger charge is 2.33. The van der Waals surface area contributed by atoms with Crippen molar-refractivity contribution >= 4 is 24.0 Å². The number of nitrogens with one attached hydrogen (secondary N) is 1. The van der Waals surface area contributed by atoms with Crippen molar-refractivity contribution in [3.05, 3.63) is 16.9 Å². The van der Waals surface area contributed by atoms with Crippen LogP contribution in [0.2, 0.25) is 0 Å². The summed E-state index contributed by atoms with van der Waals surface area (Å²) in [7, 11) is 0. The maximum Gasteiger partial charge on any atom is 0.255 e. The van der Waals surface area contributed by atoms with Crippen LogP contribution in [0.15, 0.2) is 14.4 Å². The molecule has 0 unspecified atom stereocenters. The van der Waals surface area contributed by atoms with Gasteiger partial charge in [-0.2, -0.15) is 0 Å². The predicted octanol–water partition coefficient (Wildman–Crippen LogP) is 1.07. The van der Waals surface area contributed by atoms with Crippen LogP contribution in [0.1, 0.15) is 28.6 Å². The molecule has 1 aromatic heterocycles. The van der Waals surface area contributed by atoms with Gasteiger partial charge in [0.25, 0.3) is 5.91 Å². The normalized spacial score (nSPS) is 16.3. The lowest BCUT2D eigenvalue weighted by molar-refractivity contribution is 0.0954. The van der Waals surface area contributed by atoms with E-state index in [0.717, 1.165) is 24.5 Å². The second-order valence-corrected chi connectivity index (χ2v) is 4.22. The summed E-state index contributed by atoms with van der Waals surface area (Å²) in [5.41, 5.74) is 1.27. The molecule has 3 rings (SSSR count). The molecule has 0 fully saturated rings. The van der Waals surface area contributed by atoms with Crippen molar-refractivity contribution in [1.29, 1.82) is 0 Å². The lowest BCUT2D eigenvalue weighted by Gasteiger charge is -2.18. The van der Waals surface area contributed by atoms with Gasteiger partial charge in [0.1, 0.15) is 17.9 Å². The number of aryl methyl sites for hydroxylation is 1. The lowest BCUT2D eigenvalue weighted by atomic mass is 10.1. The quantitative estimate of drug-likeness (QED) is 0.848. The van der Waals surface area contributed by atoms with Crippen molar-refractivity contribution in [2.75, 3.05) is 19.6 Å². The van der Waals surface area contributed by atoms with Gasteiger partial charge in [0, 0.05) is 13.1 Å². The van der Waals surface area contributed by atoms with Gasteiger partial charge in [0.2, 0.25) is 5.88 Å². The number of carbonyl (C=O) groups excluding carboxylic acids is 1. The Morgan fingerprint density at radius 3 is 3.22 bits per heavy atom. The Morgan fingerprint density at radius 1 is 1.61 bits per heavy atom. The van der Waals surface area contributed by atoms with Crippen molar-refractivity contribution in [3.8, 4) is 0 Å². The van der Waals surface area contributed by atoms with E-state index in [1.54, 1.807) is 13.3 Å². The molecule has 2 aliphatic heterocycles. The highest BCUT2D eigenvalue weighted by atomic mass is 16.4. The second kappa shape index (κ2) is 3.97. The van der Waals surface area contributed by atoms with Crippen molar-refractivity contribution < 1.29 is 9.21 Å². The Balaban J connectivity index is 2.14. The Kier molecular flexibility index (Phi) is 2.43. The van der Waals surface area contributed by atoms with Gasteiger partial charge >= 0.3 is 0 Å². The van der Waals surface area contributed by atoms with Crippen LogP contribution in [0, 0.1) is 6.92 Å². The number of fused-ring (bicyclic) bond motifs is 3. The summed E-state index contributed by atoms with van der Waals surface area (Å²) in [6.45, 7) is 5.77. The third-order valence-electron chi connectivity index (χ3n) is 3.04. The van der Waals surface area contributed by atoms with E-state index in [9.17, 15) is 4.79 Å². The molecule has 0 bridgehead atoms. The van der Waals surface area contributed by atoms with E-state index in [0.29, 0.717) is 23.8 Å². The maximum atomic E-state index is 12.1. The standard InChI is InChI=1S/C12H14N4O2/c1-3-13-11(17)8-7(2)18-12-9(8)10-14-4-5-16(10)6-15-12/h6H,3-5H2,1-2H3,(H,13,17). The van der Waals surface area contributed by atoms with E-state index in [-0.39, 0.29) is 5.91 Å². The predicted molar refractivity (Wildman–Crippen MR) is 67.7 cm³/mol.